The van der Waals surface area contributed by atoms with E-state index >= 15 is 0 Å². The van der Waals surface area contributed by atoms with Gasteiger partial charge in [-0.3, -0.25) is 5.01 Å². The number of likely N-dealkylation sites (tertiary alicyclic amines) is 1. The van der Waals surface area contributed by atoms with Gasteiger partial charge in [-0.25, -0.2) is 9.97 Å². The average Bonchev–Trinajstić information content (AvgIpc) is 3.62. The van der Waals surface area contributed by atoms with Crippen LogP contribution in [-0.4, -0.2) is 46.1 Å². The highest BCUT2D eigenvalue weighted by molar-refractivity contribution is 5.56. The quantitative estimate of drug-likeness (QED) is 0.793. The van der Waals surface area contributed by atoms with Gasteiger partial charge in [-0.05, 0) is 56.5 Å². The first-order chi connectivity index (χ1) is 14.7. The topological polar surface area (TPSA) is 53.5 Å². The standard InChI is InChI=1S/C24H29N5O/c1-28-12-9-21(10-13-28)30-22-15-25-24(26-16-22)20-5-2-4-18(14-20)17-29-11-3-6-23(27-29)19-7-8-19/h2-6,11,14-16,19,21,27H,7-10,12-13,17H2,1H3. The minimum Gasteiger partial charge on any atom is -0.487 e. The lowest BCUT2D eigenvalue weighted by Crippen LogP contribution is -2.35. The van der Waals surface area contributed by atoms with E-state index in [2.05, 4.69) is 75.0 Å². The van der Waals surface area contributed by atoms with Gasteiger partial charge in [0.1, 0.15) is 6.10 Å². The lowest BCUT2D eigenvalue weighted by molar-refractivity contribution is 0.113. The summed E-state index contributed by atoms with van der Waals surface area (Å²) >= 11 is 0. The second kappa shape index (κ2) is 8.48. The first-order valence-electron chi connectivity index (χ1n) is 10.9. The number of aromatic nitrogens is 2. The molecule has 2 aliphatic heterocycles. The fourth-order valence-corrected chi connectivity index (χ4v) is 4.03. The molecule has 5 rings (SSSR count). The molecular formula is C24H29N5O. The van der Waals surface area contributed by atoms with Crippen LogP contribution >= 0.6 is 0 Å². The molecule has 2 fully saturated rings. The molecule has 156 valence electrons. The van der Waals surface area contributed by atoms with Crippen LogP contribution in [0.25, 0.3) is 11.4 Å². The molecule has 0 atom stereocenters. The van der Waals surface area contributed by atoms with E-state index in [-0.39, 0.29) is 6.10 Å². The normalized spacial score (nSPS) is 20.0. The molecule has 1 saturated heterocycles. The van der Waals surface area contributed by atoms with Gasteiger partial charge < -0.3 is 15.1 Å². The molecule has 3 heterocycles. The summed E-state index contributed by atoms with van der Waals surface area (Å²) < 4.78 is 6.07. The first kappa shape index (κ1) is 19.1. The number of rotatable bonds is 6. The van der Waals surface area contributed by atoms with Crippen molar-refractivity contribution in [1.82, 2.24) is 25.3 Å². The molecule has 1 aliphatic carbocycles. The number of hydrogen-bond acceptors (Lipinski definition) is 6. The van der Waals surface area contributed by atoms with Crippen LogP contribution in [-0.2, 0) is 6.54 Å². The predicted octanol–water partition coefficient (Wildman–Crippen LogP) is 3.74. The molecule has 1 saturated carbocycles. The van der Waals surface area contributed by atoms with Gasteiger partial charge >= 0.3 is 0 Å². The van der Waals surface area contributed by atoms with Crippen LogP contribution in [0.15, 0.2) is 60.7 Å². The summed E-state index contributed by atoms with van der Waals surface area (Å²) in [5, 5.41) is 2.15. The zero-order valence-electron chi connectivity index (χ0n) is 17.5. The van der Waals surface area contributed by atoms with E-state index in [0.29, 0.717) is 5.92 Å². The molecule has 1 aromatic carbocycles. The van der Waals surface area contributed by atoms with Crippen molar-refractivity contribution in [3.05, 3.63) is 66.3 Å². The highest BCUT2D eigenvalue weighted by atomic mass is 16.5. The zero-order chi connectivity index (χ0) is 20.3. The van der Waals surface area contributed by atoms with E-state index in [0.717, 1.165) is 49.6 Å². The Bertz CT molecular complexity index is 927. The van der Waals surface area contributed by atoms with Crippen molar-refractivity contribution in [1.29, 1.82) is 0 Å². The molecule has 1 N–H and O–H groups in total. The molecule has 0 bridgehead atoms. The molecule has 1 aromatic heterocycles. The van der Waals surface area contributed by atoms with Gasteiger partial charge in [-0.15, -0.1) is 0 Å². The highest BCUT2D eigenvalue weighted by Crippen LogP contribution is 2.36. The molecule has 6 heteroatoms. The molecule has 0 spiro atoms. The third-order valence-corrected chi connectivity index (χ3v) is 5.97. The molecule has 0 amide bonds. The number of hydrogen-bond donors (Lipinski definition) is 1. The third-order valence-electron chi connectivity index (χ3n) is 5.97. The summed E-state index contributed by atoms with van der Waals surface area (Å²) in [6.45, 7) is 2.95. The van der Waals surface area contributed by atoms with Crippen molar-refractivity contribution in [2.24, 2.45) is 5.92 Å². The van der Waals surface area contributed by atoms with E-state index in [1.807, 2.05) is 0 Å². The van der Waals surface area contributed by atoms with E-state index < -0.39 is 0 Å². The fraction of sp³-hybridized carbons (Fsp3) is 0.417. The number of allylic oxidation sites excluding steroid dienone is 3. The van der Waals surface area contributed by atoms with E-state index in [9.17, 15) is 0 Å². The number of nitrogens with zero attached hydrogens (tertiary/aromatic N) is 4. The van der Waals surface area contributed by atoms with Crippen molar-refractivity contribution < 1.29 is 4.74 Å². The summed E-state index contributed by atoms with van der Waals surface area (Å²) in [4.78, 5) is 11.5. The van der Waals surface area contributed by atoms with E-state index in [4.69, 9.17) is 4.74 Å². The number of hydrazine groups is 1. The van der Waals surface area contributed by atoms with Crippen LogP contribution in [0.1, 0.15) is 31.2 Å². The maximum atomic E-state index is 6.07. The molecule has 30 heavy (non-hydrogen) atoms. The molecule has 2 aromatic rings. The van der Waals surface area contributed by atoms with Gasteiger partial charge in [0.2, 0.25) is 0 Å². The van der Waals surface area contributed by atoms with Gasteiger partial charge in [-0.2, -0.15) is 0 Å². The van der Waals surface area contributed by atoms with Crippen molar-refractivity contribution in [3.63, 3.8) is 0 Å². The predicted molar refractivity (Wildman–Crippen MR) is 117 cm³/mol. The van der Waals surface area contributed by atoms with Gasteiger partial charge in [0.05, 0.1) is 18.9 Å². The van der Waals surface area contributed by atoms with Crippen LogP contribution in [0.4, 0.5) is 0 Å². The van der Waals surface area contributed by atoms with Crippen molar-refractivity contribution in [2.75, 3.05) is 20.1 Å². The first-order valence-corrected chi connectivity index (χ1v) is 10.9. The molecule has 0 radical (unpaired) electrons. The summed E-state index contributed by atoms with van der Waals surface area (Å²) in [5.41, 5.74) is 7.10. The minimum absolute atomic E-state index is 0.263. The molecular weight excluding hydrogens is 374 g/mol. The summed E-state index contributed by atoms with van der Waals surface area (Å²) in [6.07, 6.45) is 15.0. The highest BCUT2D eigenvalue weighted by Gasteiger charge is 2.27. The number of benzene rings is 1. The lowest BCUT2D eigenvalue weighted by atomic mass is 10.1. The van der Waals surface area contributed by atoms with Crippen molar-refractivity contribution in [3.8, 4) is 17.1 Å². The number of nitrogens with one attached hydrogen (secondary N) is 1. The van der Waals surface area contributed by atoms with E-state index in [1.54, 1.807) is 12.4 Å². The summed E-state index contributed by atoms with van der Waals surface area (Å²) in [5.74, 6) is 2.20. The van der Waals surface area contributed by atoms with Crippen LogP contribution in [0, 0.1) is 5.92 Å². The maximum absolute atomic E-state index is 6.07. The van der Waals surface area contributed by atoms with Crippen LogP contribution in [0.2, 0.25) is 0 Å². The molecule has 6 nitrogen and oxygen atoms in total. The van der Waals surface area contributed by atoms with Gasteiger partial charge in [0, 0.05) is 36.5 Å². The SMILES string of the molecule is CN1CCC(Oc2cnc(-c3cccc(CN4C=CC=C(C5CC5)N4)c3)nc2)CC1. The van der Waals surface area contributed by atoms with E-state index in [1.165, 1.54) is 24.1 Å². The minimum atomic E-state index is 0.263. The Balaban J connectivity index is 1.21. The Kier molecular flexibility index (Phi) is 5.41. The second-order valence-corrected chi connectivity index (χ2v) is 8.54. The van der Waals surface area contributed by atoms with Gasteiger partial charge in [0.15, 0.2) is 11.6 Å². The monoisotopic (exact) mass is 403 g/mol. The Morgan fingerprint density at radius 2 is 1.90 bits per heavy atom. The van der Waals surface area contributed by atoms with Crippen LogP contribution < -0.4 is 10.2 Å². The summed E-state index contributed by atoms with van der Waals surface area (Å²) in [6, 6.07) is 8.44. The molecule has 0 unspecified atom stereocenters. The Morgan fingerprint density at radius 1 is 1.10 bits per heavy atom. The third kappa shape index (κ3) is 4.65. The average molecular weight is 404 g/mol. The van der Waals surface area contributed by atoms with Gasteiger partial charge in [-0.1, -0.05) is 18.2 Å². The lowest BCUT2D eigenvalue weighted by Gasteiger charge is -2.29. The fourth-order valence-electron chi connectivity index (χ4n) is 4.03. The molecule has 3 aliphatic rings. The Labute approximate surface area is 178 Å². The zero-order valence-corrected chi connectivity index (χ0v) is 17.5. The van der Waals surface area contributed by atoms with Crippen LogP contribution in [0.5, 0.6) is 5.75 Å². The maximum Gasteiger partial charge on any atom is 0.159 e. The smallest absolute Gasteiger partial charge is 0.159 e. The van der Waals surface area contributed by atoms with Gasteiger partial charge in [0.25, 0.3) is 0 Å². The summed E-state index contributed by atoms with van der Waals surface area (Å²) in [7, 11) is 2.16. The second-order valence-electron chi connectivity index (χ2n) is 8.54. The van der Waals surface area contributed by atoms with Crippen molar-refractivity contribution in [2.45, 2.75) is 38.3 Å². The Morgan fingerprint density at radius 3 is 2.67 bits per heavy atom. The largest absolute Gasteiger partial charge is 0.487 e. The van der Waals surface area contributed by atoms with Crippen molar-refractivity contribution >= 4 is 0 Å². The van der Waals surface area contributed by atoms with Crippen LogP contribution in [0.3, 0.4) is 0 Å². The Hall–Kier alpha value is -2.86. The number of piperidine rings is 1. The number of ether oxygens (including phenoxy) is 1.